The molecule has 1 rings (SSSR count). The van der Waals surface area contributed by atoms with Gasteiger partial charge in [-0.3, -0.25) is 4.79 Å². The molecule has 16 heavy (non-hydrogen) atoms. The number of hydrogen-bond acceptors (Lipinski definition) is 3. The molecule has 0 heterocycles. The monoisotopic (exact) mass is 228 g/mol. The lowest BCUT2D eigenvalue weighted by molar-refractivity contribution is -0.121. The van der Waals surface area contributed by atoms with Crippen molar-refractivity contribution < 1.29 is 9.90 Å². The molecule has 94 valence electrons. The van der Waals surface area contributed by atoms with E-state index < -0.39 is 5.60 Å². The van der Waals surface area contributed by atoms with Crippen molar-refractivity contribution in [2.24, 2.45) is 0 Å². The first-order chi connectivity index (χ1) is 7.52. The zero-order valence-corrected chi connectivity index (χ0v) is 10.4. The van der Waals surface area contributed by atoms with Gasteiger partial charge in [-0.05, 0) is 26.7 Å². The number of hydrogen-bond donors (Lipinski definition) is 3. The largest absolute Gasteiger partial charge is 0.389 e. The molecular weight excluding hydrogens is 204 g/mol. The van der Waals surface area contributed by atoms with Crippen molar-refractivity contribution in [2.45, 2.75) is 57.6 Å². The Labute approximate surface area is 97.8 Å². The van der Waals surface area contributed by atoms with Crippen LogP contribution in [-0.2, 0) is 4.79 Å². The maximum atomic E-state index is 11.3. The molecule has 4 heteroatoms. The van der Waals surface area contributed by atoms with Crippen molar-refractivity contribution >= 4 is 5.91 Å². The van der Waals surface area contributed by atoms with Crippen molar-refractivity contribution in [3.8, 4) is 0 Å². The lowest BCUT2D eigenvalue weighted by Gasteiger charge is -2.22. The minimum absolute atomic E-state index is 0.0703. The van der Waals surface area contributed by atoms with E-state index in [-0.39, 0.29) is 11.9 Å². The third-order valence-electron chi connectivity index (χ3n) is 2.97. The van der Waals surface area contributed by atoms with Crippen LogP contribution in [0, 0.1) is 0 Å². The van der Waals surface area contributed by atoms with E-state index in [1.54, 1.807) is 0 Å². The summed E-state index contributed by atoms with van der Waals surface area (Å²) < 4.78 is 0. The molecule has 4 nitrogen and oxygen atoms in total. The van der Waals surface area contributed by atoms with E-state index in [0.29, 0.717) is 19.5 Å². The van der Waals surface area contributed by atoms with Gasteiger partial charge in [-0.25, -0.2) is 0 Å². The third-order valence-corrected chi connectivity index (χ3v) is 2.97. The van der Waals surface area contributed by atoms with Crippen molar-refractivity contribution in [1.29, 1.82) is 0 Å². The van der Waals surface area contributed by atoms with Gasteiger partial charge in [0.2, 0.25) is 5.91 Å². The van der Waals surface area contributed by atoms with E-state index >= 15 is 0 Å². The number of rotatable bonds is 6. The first kappa shape index (κ1) is 13.5. The van der Waals surface area contributed by atoms with Gasteiger partial charge in [0.25, 0.3) is 0 Å². The van der Waals surface area contributed by atoms with Crippen LogP contribution >= 0.6 is 0 Å². The summed E-state index contributed by atoms with van der Waals surface area (Å²) in [5, 5.41) is 16.0. The highest BCUT2D eigenvalue weighted by Crippen LogP contribution is 2.28. The van der Waals surface area contributed by atoms with Crippen molar-refractivity contribution in [1.82, 2.24) is 10.6 Å². The van der Waals surface area contributed by atoms with Crippen LogP contribution in [0.2, 0.25) is 0 Å². The fraction of sp³-hybridized carbons (Fsp3) is 0.917. The molecule has 0 spiro atoms. The van der Waals surface area contributed by atoms with Gasteiger partial charge in [-0.2, -0.15) is 0 Å². The summed E-state index contributed by atoms with van der Waals surface area (Å²) in [6, 6.07) is 0.200. The predicted octanol–water partition coefficient (Wildman–Crippen LogP) is 0.796. The second kappa shape index (κ2) is 6.21. The van der Waals surface area contributed by atoms with Crippen LogP contribution < -0.4 is 10.6 Å². The Bertz CT molecular complexity index is 223. The highest BCUT2D eigenvalue weighted by Gasteiger charge is 2.30. The van der Waals surface area contributed by atoms with E-state index in [1.807, 2.05) is 13.8 Å². The van der Waals surface area contributed by atoms with Crippen LogP contribution in [-0.4, -0.2) is 35.7 Å². The maximum absolute atomic E-state index is 11.3. The normalized spacial score (nSPS) is 19.0. The smallest absolute Gasteiger partial charge is 0.221 e. The van der Waals surface area contributed by atoms with Crippen molar-refractivity contribution in [3.05, 3.63) is 0 Å². The van der Waals surface area contributed by atoms with Crippen LogP contribution in [0.3, 0.4) is 0 Å². The molecule has 0 aromatic carbocycles. The molecule has 1 aliphatic rings. The number of carbonyl (C=O) groups is 1. The summed E-state index contributed by atoms with van der Waals surface area (Å²) in [5.41, 5.74) is -0.519. The Morgan fingerprint density at radius 3 is 2.56 bits per heavy atom. The Balaban J connectivity index is 2.05. The molecule has 0 bridgehead atoms. The van der Waals surface area contributed by atoms with Gasteiger partial charge in [-0.1, -0.05) is 12.8 Å². The molecular formula is C12H24N2O2. The molecule has 0 aromatic heterocycles. The quantitative estimate of drug-likeness (QED) is 0.589. The molecule has 0 radical (unpaired) electrons. The SMILES string of the molecule is CC(C)NC(=O)CCNCC1(O)CCCC1. The Hall–Kier alpha value is -0.610. The second-order valence-electron chi connectivity index (χ2n) is 5.08. The van der Waals surface area contributed by atoms with Crippen LogP contribution in [0.15, 0.2) is 0 Å². The summed E-state index contributed by atoms with van der Waals surface area (Å²) >= 11 is 0. The number of nitrogens with one attached hydrogen (secondary N) is 2. The third kappa shape index (κ3) is 4.94. The lowest BCUT2D eigenvalue weighted by Crippen LogP contribution is -2.40. The van der Waals surface area contributed by atoms with Crippen molar-refractivity contribution in [2.75, 3.05) is 13.1 Å². The fourth-order valence-corrected chi connectivity index (χ4v) is 2.13. The van der Waals surface area contributed by atoms with Gasteiger partial charge in [0, 0.05) is 25.6 Å². The molecule has 1 saturated carbocycles. The highest BCUT2D eigenvalue weighted by molar-refractivity contribution is 5.76. The Morgan fingerprint density at radius 1 is 1.38 bits per heavy atom. The summed E-state index contributed by atoms with van der Waals surface area (Å²) in [6.45, 7) is 5.15. The van der Waals surface area contributed by atoms with Gasteiger partial charge in [-0.15, -0.1) is 0 Å². The maximum Gasteiger partial charge on any atom is 0.221 e. The van der Waals surface area contributed by atoms with Crippen LogP contribution in [0.5, 0.6) is 0 Å². The summed E-state index contributed by atoms with van der Waals surface area (Å²) in [4.78, 5) is 11.3. The molecule has 0 aromatic rings. The average Bonchev–Trinajstić information content (AvgIpc) is 2.59. The first-order valence-corrected chi connectivity index (χ1v) is 6.24. The van der Waals surface area contributed by atoms with Gasteiger partial charge in [0.1, 0.15) is 0 Å². The second-order valence-corrected chi connectivity index (χ2v) is 5.08. The van der Waals surface area contributed by atoms with Gasteiger partial charge < -0.3 is 15.7 Å². The molecule has 0 aliphatic heterocycles. The minimum Gasteiger partial charge on any atom is -0.389 e. The number of amides is 1. The van der Waals surface area contributed by atoms with E-state index in [4.69, 9.17) is 0 Å². The molecule has 0 atom stereocenters. The predicted molar refractivity (Wildman–Crippen MR) is 64.2 cm³/mol. The van der Waals surface area contributed by atoms with Crippen molar-refractivity contribution in [3.63, 3.8) is 0 Å². The van der Waals surface area contributed by atoms with Gasteiger partial charge >= 0.3 is 0 Å². The highest BCUT2D eigenvalue weighted by atomic mass is 16.3. The zero-order chi connectivity index (χ0) is 12.0. The summed E-state index contributed by atoms with van der Waals surface area (Å²) in [5.74, 6) is 0.0703. The van der Waals surface area contributed by atoms with Gasteiger partial charge in [0.15, 0.2) is 0 Å². The summed E-state index contributed by atoms with van der Waals surface area (Å²) in [6.07, 6.45) is 4.49. The van der Waals surface area contributed by atoms with E-state index in [1.165, 1.54) is 0 Å². The number of aliphatic hydroxyl groups is 1. The van der Waals surface area contributed by atoms with Gasteiger partial charge in [0.05, 0.1) is 5.60 Å². The van der Waals surface area contributed by atoms with E-state index in [9.17, 15) is 9.90 Å². The standard InChI is InChI=1S/C12H24N2O2/c1-10(2)14-11(15)5-8-13-9-12(16)6-3-4-7-12/h10,13,16H,3-9H2,1-2H3,(H,14,15). The Morgan fingerprint density at radius 2 is 2.00 bits per heavy atom. The number of carbonyl (C=O) groups excluding carboxylic acids is 1. The van der Waals surface area contributed by atoms with E-state index in [2.05, 4.69) is 10.6 Å². The summed E-state index contributed by atoms with van der Waals surface area (Å²) in [7, 11) is 0. The molecule has 1 fully saturated rings. The molecule has 1 aliphatic carbocycles. The molecule has 3 N–H and O–H groups in total. The average molecular weight is 228 g/mol. The molecule has 1 amide bonds. The zero-order valence-electron chi connectivity index (χ0n) is 10.4. The molecule has 0 saturated heterocycles. The van der Waals surface area contributed by atoms with Crippen LogP contribution in [0.4, 0.5) is 0 Å². The van der Waals surface area contributed by atoms with Crippen LogP contribution in [0.25, 0.3) is 0 Å². The fourth-order valence-electron chi connectivity index (χ4n) is 2.13. The van der Waals surface area contributed by atoms with Crippen LogP contribution in [0.1, 0.15) is 46.0 Å². The molecule has 0 unspecified atom stereocenters. The van der Waals surface area contributed by atoms with E-state index in [0.717, 1.165) is 25.7 Å². The topological polar surface area (TPSA) is 61.4 Å². The Kier molecular flexibility index (Phi) is 5.22. The minimum atomic E-state index is -0.519. The lowest BCUT2D eigenvalue weighted by atomic mass is 10.0. The first-order valence-electron chi connectivity index (χ1n) is 6.24.